The zero-order chi connectivity index (χ0) is 12.1. The maximum Gasteiger partial charge on any atom is 0.453 e. The predicted octanol–water partition coefficient (Wildman–Crippen LogP) is 3.85. The van der Waals surface area contributed by atoms with E-state index in [-0.39, 0.29) is 7.12 Å². The molecule has 3 heteroatoms. The van der Waals surface area contributed by atoms with E-state index in [1.165, 1.54) is 0 Å². The highest BCUT2D eigenvalue weighted by atomic mass is 16.6. The number of allylic oxidation sites excluding steroid dienone is 2. The predicted molar refractivity (Wildman–Crippen MR) is 71.6 cm³/mol. The number of rotatable bonds is 12. The Hall–Kier alpha value is -0.535. The molecule has 0 aliphatic carbocycles. The van der Waals surface area contributed by atoms with Crippen molar-refractivity contribution in [2.24, 2.45) is 0 Å². The molecule has 92 valence electrons. The lowest BCUT2D eigenvalue weighted by atomic mass is 9.95. The smallest absolute Gasteiger partial charge is 0.411 e. The SMILES string of the molecule is C=CCCCCOB(C)OCCCCC=C. The zero-order valence-corrected chi connectivity index (χ0v) is 10.6. The second-order valence-corrected chi connectivity index (χ2v) is 3.88. The minimum Gasteiger partial charge on any atom is -0.411 e. The molecule has 0 aromatic heterocycles. The molecule has 0 amide bonds. The van der Waals surface area contributed by atoms with Gasteiger partial charge in [0.2, 0.25) is 0 Å². The topological polar surface area (TPSA) is 18.5 Å². The molecule has 0 spiro atoms. The molecule has 16 heavy (non-hydrogen) atoms. The van der Waals surface area contributed by atoms with Crippen LogP contribution < -0.4 is 0 Å². The Morgan fingerprint density at radius 3 is 1.69 bits per heavy atom. The maximum absolute atomic E-state index is 5.52. The molecule has 0 unspecified atom stereocenters. The summed E-state index contributed by atoms with van der Waals surface area (Å²) in [6.45, 7) is 10.9. The number of hydrogen-bond donors (Lipinski definition) is 0. The second-order valence-electron chi connectivity index (χ2n) is 3.88. The van der Waals surface area contributed by atoms with Crippen molar-refractivity contribution < 1.29 is 9.31 Å². The Bertz CT molecular complexity index is 153. The molecular weight excluding hydrogens is 199 g/mol. The first-order chi connectivity index (χ1) is 7.81. The van der Waals surface area contributed by atoms with E-state index in [4.69, 9.17) is 9.31 Å². The second kappa shape index (κ2) is 12.5. The lowest BCUT2D eigenvalue weighted by molar-refractivity contribution is 0.195. The Balaban J connectivity index is 3.14. The molecule has 0 heterocycles. The molecule has 0 aromatic carbocycles. The summed E-state index contributed by atoms with van der Waals surface area (Å²) < 4.78 is 11.0. The van der Waals surface area contributed by atoms with Crippen LogP contribution in [-0.4, -0.2) is 20.3 Å². The first kappa shape index (κ1) is 15.5. The standard InChI is InChI=1S/C13H25BO2/c1-4-6-8-10-12-15-14(3)16-13-11-9-7-5-2/h4-5H,1-2,6-13H2,3H3. The van der Waals surface area contributed by atoms with Crippen LogP contribution in [-0.2, 0) is 9.31 Å². The monoisotopic (exact) mass is 224 g/mol. The molecule has 0 atom stereocenters. The largest absolute Gasteiger partial charge is 0.453 e. The molecule has 0 aliphatic heterocycles. The van der Waals surface area contributed by atoms with E-state index >= 15 is 0 Å². The van der Waals surface area contributed by atoms with Gasteiger partial charge in [-0.15, -0.1) is 13.2 Å². The van der Waals surface area contributed by atoms with Crippen molar-refractivity contribution >= 4 is 7.12 Å². The van der Waals surface area contributed by atoms with Crippen LogP contribution in [0, 0.1) is 0 Å². The van der Waals surface area contributed by atoms with E-state index in [0.717, 1.165) is 51.7 Å². The van der Waals surface area contributed by atoms with Crippen molar-refractivity contribution in [1.29, 1.82) is 0 Å². The van der Waals surface area contributed by atoms with Crippen molar-refractivity contribution in [3.8, 4) is 0 Å². The Labute approximate surface area is 101 Å². The third-order valence-electron chi connectivity index (χ3n) is 2.31. The van der Waals surface area contributed by atoms with Gasteiger partial charge in [0.05, 0.1) is 0 Å². The van der Waals surface area contributed by atoms with Gasteiger partial charge in [0.15, 0.2) is 0 Å². The quantitative estimate of drug-likeness (QED) is 0.285. The van der Waals surface area contributed by atoms with E-state index < -0.39 is 0 Å². The lowest BCUT2D eigenvalue weighted by Gasteiger charge is -2.10. The molecule has 0 radical (unpaired) electrons. The molecule has 0 saturated carbocycles. The van der Waals surface area contributed by atoms with Crippen LogP contribution in [0.2, 0.25) is 6.82 Å². The average molecular weight is 224 g/mol. The number of hydrogen-bond acceptors (Lipinski definition) is 2. The molecular formula is C13H25BO2. The van der Waals surface area contributed by atoms with Gasteiger partial charge in [-0.2, -0.15) is 0 Å². The van der Waals surface area contributed by atoms with Crippen LogP contribution in [0.5, 0.6) is 0 Å². The molecule has 0 N–H and O–H groups in total. The molecule has 0 rings (SSSR count). The van der Waals surface area contributed by atoms with Crippen molar-refractivity contribution in [2.75, 3.05) is 13.2 Å². The van der Waals surface area contributed by atoms with Crippen molar-refractivity contribution in [3.63, 3.8) is 0 Å². The highest BCUT2D eigenvalue weighted by Gasteiger charge is 2.08. The first-order valence-corrected chi connectivity index (χ1v) is 6.26. The van der Waals surface area contributed by atoms with Gasteiger partial charge in [-0.3, -0.25) is 0 Å². The first-order valence-electron chi connectivity index (χ1n) is 6.26. The molecule has 0 saturated heterocycles. The summed E-state index contributed by atoms with van der Waals surface area (Å²) in [5.74, 6) is 0. The Kier molecular flexibility index (Phi) is 12.1. The van der Waals surface area contributed by atoms with Gasteiger partial charge in [-0.05, 0) is 45.3 Å². The van der Waals surface area contributed by atoms with Gasteiger partial charge in [0.1, 0.15) is 0 Å². The summed E-state index contributed by atoms with van der Waals surface area (Å²) in [6, 6.07) is 0. The molecule has 0 fully saturated rings. The van der Waals surface area contributed by atoms with Crippen LogP contribution in [0.3, 0.4) is 0 Å². The fraction of sp³-hybridized carbons (Fsp3) is 0.692. The minimum atomic E-state index is -0.0764. The summed E-state index contributed by atoms with van der Waals surface area (Å²) in [4.78, 5) is 0. The average Bonchev–Trinajstić information content (AvgIpc) is 2.28. The highest BCUT2D eigenvalue weighted by Crippen LogP contribution is 2.00. The summed E-state index contributed by atoms with van der Waals surface area (Å²) in [6.07, 6.45) is 10.5. The Morgan fingerprint density at radius 1 is 0.875 bits per heavy atom. The van der Waals surface area contributed by atoms with Crippen LogP contribution in [0.25, 0.3) is 0 Å². The fourth-order valence-corrected chi connectivity index (χ4v) is 1.33. The number of unbranched alkanes of at least 4 members (excludes halogenated alkanes) is 4. The lowest BCUT2D eigenvalue weighted by Crippen LogP contribution is -2.19. The summed E-state index contributed by atoms with van der Waals surface area (Å²) in [7, 11) is -0.0764. The van der Waals surface area contributed by atoms with Crippen molar-refractivity contribution in [2.45, 2.75) is 45.3 Å². The summed E-state index contributed by atoms with van der Waals surface area (Å²) >= 11 is 0. The van der Waals surface area contributed by atoms with Gasteiger partial charge in [-0.25, -0.2) is 0 Å². The van der Waals surface area contributed by atoms with Gasteiger partial charge < -0.3 is 9.31 Å². The van der Waals surface area contributed by atoms with Crippen molar-refractivity contribution in [3.05, 3.63) is 25.3 Å². The fourth-order valence-electron chi connectivity index (χ4n) is 1.33. The van der Waals surface area contributed by atoms with Gasteiger partial charge >= 0.3 is 7.12 Å². The van der Waals surface area contributed by atoms with E-state index in [2.05, 4.69) is 13.2 Å². The molecule has 0 aromatic rings. The van der Waals surface area contributed by atoms with E-state index in [1.54, 1.807) is 0 Å². The highest BCUT2D eigenvalue weighted by molar-refractivity contribution is 6.42. The van der Waals surface area contributed by atoms with Gasteiger partial charge in [0.25, 0.3) is 0 Å². The normalized spacial score (nSPS) is 10.1. The van der Waals surface area contributed by atoms with Crippen LogP contribution in [0.4, 0.5) is 0 Å². The minimum absolute atomic E-state index is 0.0764. The summed E-state index contributed by atoms with van der Waals surface area (Å²) in [5, 5.41) is 0. The Morgan fingerprint density at radius 2 is 1.31 bits per heavy atom. The maximum atomic E-state index is 5.52. The van der Waals surface area contributed by atoms with E-state index in [1.807, 2.05) is 19.0 Å². The van der Waals surface area contributed by atoms with E-state index in [0.29, 0.717) is 0 Å². The molecule has 0 bridgehead atoms. The van der Waals surface area contributed by atoms with Gasteiger partial charge in [0, 0.05) is 13.2 Å². The van der Waals surface area contributed by atoms with Crippen molar-refractivity contribution in [1.82, 2.24) is 0 Å². The van der Waals surface area contributed by atoms with Crippen LogP contribution in [0.15, 0.2) is 25.3 Å². The molecule has 2 nitrogen and oxygen atoms in total. The zero-order valence-electron chi connectivity index (χ0n) is 10.6. The van der Waals surface area contributed by atoms with Crippen LogP contribution >= 0.6 is 0 Å². The summed E-state index contributed by atoms with van der Waals surface area (Å²) in [5.41, 5.74) is 0. The van der Waals surface area contributed by atoms with E-state index in [9.17, 15) is 0 Å². The van der Waals surface area contributed by atoms with Crippen LogP contribution in [0.1, 0.15) is 38.5 Å². The molecule has 0 aliphatic rings. The third kappa shape index (κ3) is 11.5. The third-order valence-corrected chi connectivity index (χ3v) is 2.31. The van der Waals surface area contributed by atoms with Gasteiger partial charge in [-0.1, -0.05) is 12.2 Å².